The predicted molar refractivity (Wildman–Crippen MR) is 83.0 cm³/mol. The van der Waals surface area contributed by atoms with Crippen molar-refractivity contribution in [1.82, 2.24) is 19.7 Å². The molecule has 0 radical (unpaired) electrons. The number of benzene rings is 1. The molecule has 0 amide bonds. The quantitative estimate of drug-likeness (QED) is 0.904. The third kappa shape index (κ3) is 3.19. The second-order valence-corrected chi connectivity index (χ2v) is 5.50. The first-order valence-electron chi connectivity index (χ1n) is 7.76. The van der Waals surface area contributed by atoms with Crippen LogP contribution < -0.4 is 4.74 Å². The maximum absolute atomic E-state index is 11.9. The molecule has 0 saturated carbocycles. The molecule has 7 nitrogen and oxygen atoms in total. The summed E-state index contributed by atoms with van der Waals surface area (Å²) in [5.74, 6) is 0.527. The van der Waals surface area contributed by atoms with E-state index in [9.17, 15) is 9.90 Å². The van der Waals surface area contributed by atoms with Crippen LogP contribution in [0.15, 0.2) is 30.6 Å². The van der Waals surface area contributed by atoms with E-state index in [0.29, 0.717) is 31.0 Å². The standard InChI is InChI=1S/C16H20N4O3/c1-2-7-20-14(17-11-18-20)10-19-8-9-23-13-6-4-3-5-12(13)15(19)16(21)22/h3-6,11,15H,2,7-10H2,1H3,(H,21,22). The number of fused-ring (bicyclic) bond motifs is 1. The molecule has 7 heteroatoms. The molecule has 1 atom stereocenters. The lowest BCUT2D eigenvalue weighted by molar-refractivity contribution is -0.143. The van der Waals surface area contributed by atoms with Gasteiger partial charge < -0.3 is 9.84 Å². The number of ether oxygens (including phenoxy) is 1. The molecule has 23 heavy (non-hydrogen) atoms. The van der Waals surface area contributed by atoms with Crippen LogP contribution in [-0.4, -0.2) is 43.9 Å². The van der Waals surface area contributed by atoms with Crippen LogP contribution in [0.4, 0.5) is 0 Å². The van der Waals surface area contributed by atoms with Crippen molar-refractivity contribution in [3.8, 4) is 5.75 Å². The molecule has 3 rings (SSSR count). The topological polar surface area (TPSA) is 80.5 Å². The van der Waals surface area contributed by atoms with E-state index in [4.69, 9.17) is 4.74 Å². The van der Waals surface area contributed by atoms with Crippen LogP contribution in [-0.2, 0) is 17.9 Å². The molecule has 0 spiro atoms. The van der Waals surface area contributed by atoms with Gasteiger partial charge in [-0.1, -0.05) is 25.1 Å². The number of aromatic nitrogens is 3. The molecule has 1 N–H and O–H groups in total. The maximum atomic E-state index is 11.9. The van der Waals surface area contributed by atoms with Crippen LogP contribution in [0.25, 0.3) is 0 Å². The summed E-state index contributed by atoms with van der Waals surface area (Å²) in [6, 6.07) is 6.56. The Morgan fingerprint density at radius 3 is 3.04 bits per heavy atom. The van der Waals surface area contributed by atoms with Gasteiger partial charge in [0.15, 0.2) is 0 Å². The van der Waals surface area contributed by atoms with Crippen molar-refractivity contribution in [1.29, 1.82) is 0 Å². The fourth-order valence-corrected chi connectivity index (χ4v) is 2.89. The van der Waals surface area contributed by atoms with Crippen LogP contribution in [0.3, 0.4) is 0 Å². The van der Waals surface area contributed by atoms with Gasteiger partial charge in [-0.3, -0.25) is 9.69 Å². The fourth-order valence-electron chi connectivity index (χ4n) is 2.89. The van der Waals surface area contributed by atoms with Gasteiger partial charge in [-0.2, -0.15) is 5.10 Å². The Hall–Kier alpha value is -2.41. The SMILES string of the molecule is CCCn1ncnc1CN1CCOc2ccccc2C1C(=O)O. The number of aliphatic carboxylic acids is 1. The van der Waals surface area contributed by atoms with Crippen molar-refractivity contribution in [2.75, 3.05) is 13.2 Å². The predicted octanol–water partition coefficient (Wildman–Crippen LogP) is 1.71. The van der Waals surface area contributed by atoms with Crippen molar-refractivity contribution < 1.29 is 14.6 Å². The fraction of sp³-hybridized carbons (Fsp3) is 0.438. The van der Waals surface area contributed by atoms with Crippen LogP contribution >= 0.6 is 0 Å². The van der Waals surface area contributed by atoms with E-state index >= 15 is 0 Å². The molecule has 2 aromatic rings. The molecule has 1 aliphatic heterocycles. The molecule has 0 aliphatic carbocycles. The number of carboxylic acid groups (broad SMARTS) is 1. The van der Waals surface area contributed by atoms with Crippen LogP contribution in [0.5, 0.6) is 5.75 Å². The maximum Gasteiger partial charge on any atom is 0.325 e. The normalized spacial score (nSPS) is 18.0. The molecular weight excluding hydrogens is 296 g/mol. The van der Waals surface area contributed by atoms with Crippen molar-refractivity contribution in [2.45, 2.75) is 32.5 Å². The number of nitrogens with zero attached hydrogens (tertiary/aromatic N) is 4. The number of carboxylic acids is 1. The smallest absolute Gasteiger partial charge is 0.325 e. The minimum atomic E-state index is -0.885. The van der Waals surface area contributed by atoms with E-state index in [-0.39, 0.29) is 0 Å². The zero-order valence-corrected chi connectivity index (χ0v) is 13.1. The molecular formula is C16H20N4O3. The average Bonchev–Trinajstić information content (AvgIpc) is 2.87. The molecule has 0 fully saturated rings. The largest absolute Gasteiger partial charge is 0.492 e. The molecule has 122 valence electrons. The van der Waals surface area contributed by atoms with Crippen molar-refractivity contribution in [2.24, 2.45) is 0 Å². The second kappa shape index (κ2) is 6.78. The van der Waals surface area contributed by atoms with E-state index in [0.717, 1.165) is 18.8 Å². The Labute approximate surface area is 134 Å². The number of hydrogen-bond donors (Lipinski definition) is 1. The molecule has 1 unspecified atom stereocenters. The summed E-state index contributed by atoms with van der Waals surface area (Å²) in [5, 5.41) is 14.0. The molecule has 2 heterocycles. The van der Waals surface area contributed by atoms with Gasteiger partial charge in [-0.05, 0) is 12.5 Å². The minimum Gasteiger partial charge on any atom is -0.492 e. The van der Waals surface area contributed by atoms with Gasteiger partial charge >= 0.3 is 5.97 Å². The third-order valence-electron chi connectivity index (χ3n) is 3.92. The Morgan fingerprint density at radius 2 is 2.26 bits per heavy atom. The first-order valence-corrected chi connectivity index (χ1v) is 7.76. The van der Waals surface area contributed by atoms with Crippen LogP contribution in [0, 0.1) is 0 Å². The summed E-state index contributed by atoms with van der Waals surface area (Å²) >= 11 is 0. The zero-order chi connectivity index (χ0) is 16.2. The van der Waals surface area contributed by atoms with Gasteiger partial charge in [0.1, 0.15) is 30.5 Å². The average molecular weight is 316 g/mol. The van der Waals surface area contributed by atoms with Gasteiger partial charge in [0.25, 0.3) is 0 Å². The summed E-state index contributed by atoms with van der Waals surface area (Å²) in [7, 11) is 0. The van der Waals surface area contributed by atoms with Crippen molar-refractivity contribution >= 4 is 5.97 Å². The highest BCUT2D eigenvalue weighted by molar-refractivity contribution is 5.76. The number of para-hydroxylation sites is 1. The van der Waals surface area contributed by atoms with Crippen LogP contribution in [0.2, 0.25) is 0 Å². The molecule has 1 aromatic carbocycles. The lowest BCUT2D eigenvalue weighted by Gasteiger charge is -2.26. The highest BCUT2D eigenvalue weighted by Crippen LogP contribution is 2.32. The molecule has 1 aromatic heterocycles. The van der Waals surface area contributed by atoms with Gasteiger partial charge in [0.2, 0.25) is 0 Å². The number of carbonyl (C=O) groups is 1. The van der Waals surface area contributed by atoms with E-state index in [1.54, 1.807) is 0 Å². The van der Waals surface area contributed by atoms with Crippen molar-refractivity contribution in [3.63, 3.8) is 0 Å². The Kier molecular flexibility index (Phi) is 4.57. The summed E-state index contributed by atoms with van der Waals surface area (Å²) in [5.41, 5.74) is 0.680. The highest BCUT2D eigenvalue weighted by atomic mass is 16.5. The van der Waals surface area contributed by atoms with Crippen LogP contribution in [0.1, 0.15) is 30.8 Å². The highest BCUT2D eigenvalue weighted by Gasteiger charge is 2.33. The first-order chi connectivity index (χ1) is 11.2. The summed E-state index contributed by atoms with van der Waals surface area (Å²) in [6.45, 7) is 4.23. The Bertz CT molecular complexity index is 685. The molecule has 0 bridgehead atoms. The Balaban J connectivity index is 1.91. The summed E-state index contributed by atoms with van der Waals surface area (Å²) in [4.78, 5) is 18.0. The monoisotopic (exact) mass is 316 g/mol. The van der Waals surface area contributed by atoms with Crippen molar-refractivity contribution in [3.05, 3.63) is 42.0 Å². The van der Waals surface area contributed by atoms with E-state index in [1.165, 1.54) is 6.33 Å². The van der Waals surface area contributed by atoms with Gasteiger partial charge in [-0.25, -0.2) is 9.67 Å². The Morgan fingerprint density at radius 1 is 1.43 bits per heavy atom. The van der Waals surface area contributed by atoms with E-state index < -0.39 is 12.0 Å². The van der Waals surface area contributed by atoms with Gasteiger partial charge in [0.05, 0.1) is 6.54 Å². The third-order valence-corrected chi connectivity index (χ3v) is 3.92. The minimum absolute atomic E-state index is 0.425. The second-order valence-electron chi connectivity index (χ2n) is 5.50. The van der Waals surface area contributed by atoms with Gasteiger partial charge in [-0.15, -0.1) is 0 Å². The first kappa shape index (κ1) is 15.5. The number of aryl methyl sites for hydroxylation is 1. The molecule has 1 aliphatic rings. The number of rotatable bonds is 5. The summed E-state index contributed by atoms with van der Waals surface area (Å²) < 4.78 is 7.54. The number of hydrogen-bond acceptors (Lipinski definition) is 5. The van der Waals surface area contributed by atoms with E-state index in [1.807, 2.05) is 33.8 Å². The van der Waals surface area contributed by atoms with E-state index in [2.05, 4.69) is 17.0 Å². The lowest BCUT2D eigenvalue weighted by atomic mass is 10.0. The summed E-state index contributed by atoms with van der Waals surface area (Å²) in [6.07, 6.45) is 2.47. The molecule has 0 saturated heterocycles. The lowest BCUT2D eigenvalue weighted by Crippen LogP contribution is -2.35. The van der Waals surface area contributed by atoms with Gasteiger partial charge in [0, 0.05) is 18.7 Å². The zero-order valence-electron chi connectivity index (χ0n) is 13.1.